The molecule has 0 unspecified atom stereocenters. The second kappa shape index (κ2) is 7.31. The molecule has 2 rings (SSSR count). The number of anilines is 1. The Bertz CT molecular complexity index is 645. The summed E-state index contributed by atoms with van der Waals surface area (Å²) in [5.74, 6) is -1.01. The predicted molar refractivity (Wildman–Crippen MR) is 80.0 cm³/mol. The Morgan fingerprint density at radius 3 is 2.50 bits per heavy atom. The van der Waals surface area contributed by atoms with E-state index >= 15 is 0 Å². The Kier molecular flexibility index (Phi) is 5.19. The van der Waals surface area contributed by atoms with Crippen molar-refractivity contribution in [3.63, 3.8) is 0 Å². The van der Waals surface area contributed by atoms with Crippen LogP contribution >= 0.6 is 0 Å². The van der Waals surface area contributed by atoms with Crippen LogP contribution in [0.5, 0.6) is 0 Å². The van der Waals surface area contributed by atoms with E-state index in [1.165, 1.54) is 6.07 Å². The number of hydrogen-bond donors (Lipinski definition) is 2. The lowest BCUT2D eigenvalue weighted by atomic mass is 10.2. The highest BCUT2D eigenvalue weighted by Crippen LogP contribution is 2.14. The van der Waals surface area contributed by atoms with Gasteiger partial charge in [0.25, 0.3) is 0 Å². The van der Waals surface area contributed by atoms with E-state index in [9.17, 15) is 9.59 Å². The molecule has 1 aromatic heterocycles. The van der Waals surface area contributed by atoms with Crippen molar-refractivity contribution in [1.82, 2.24) is 0 Å². The largest absolute Gasteiger partial charge is 0.475 e. The van der Waals surface area contributed by atoms with Crippen molar-refractivity contribution in [1.29, 1.82) is 0 Å². The summed E-state index contributed by atoms with van der Waals surface area (Å²) in [6, 6.07) is 9.86. The molecule has 22 heavy (non-hydrogen) atoms. The van der Waals surface area contributed by atoms with Crippen molar-refractivity contribution < 1.29 is 23.8 Å². The van der Waals surface area contributed by atoms with Gasteiger partial charge in [-0.2, -0.15) is 0 Å². The third-order valence-electron chi connectivity index (χ3n) is 2.90. The minimum Gasteiger partial charge on any atom is -0.475 e. The normalized spacial score (nSPS) is 10.2. The van der Waals surface area contributed by atoms with Gasteiger partial charge in [0.05, 0.1) is 18.7 Å². The van der Waals surface area contributed by atoms with E-state index in [0.29, 0.717) is 24.5 Å². The Balaban J connectivity index is 1.90. The van der Waals surface area contributed by atoms with Gasteiger partial charge in [-0.05, 0) is 42.8 Å². The van der Waals surface area contributed by atoms with Gasteiger partial charge < -0.3 is 19.6 Å². The third-order valence-corrected chi connectivity index (χ3v) is 2.90. The quantitative estimate of drug-likeness (QED) is 0.764. The van der Waals surface area contributed by atoms with Crippen LogP contribution in [0.1, 0.15) is 40.0 Å². The van der Waals surface area contributed by atoms with Gasteiger partial charge in [0.1, 0.15) is 5.76 Å². The smallest absolute Gasteiger partial charge is 0.371 e. The number of benzene rings is 1. The van der Waals surface area contributed by atoms with Gasteiger partial charge in [-0.25, -0.2) is 9.59 Å². The summed E-state index contributed by atoms with van der Waals surface area (Å²) in [6.07, 6.45) is 0.785. The van der Waals surface area contributed by atoms with Crippen LogP contribution in [0.25, 0.3) is 0 Å². The number of aromatic carboxylic acids is 1. The van der Waals surface area contributed by atoms with Crippen LogP contribution in [0.2, 0.25) is 0 Å². The maximum atomic E-state index is 11.6. The van der Waals surface area contributed by atoms with Crippen molar-refractivity contribution in [3.8, 4) is 0 Å². The lowest BCUT2D eigenvalue weighted by Crippen LogP contribution is -2.06. The van der Waals surface area contributed by atoms with Crippen molar-refractivity contribution in [3.05, 3.63) is 53.5 Å². The molecule has 0 amide bonds. The molecule has 0 atom stereocenters. The van der Waals surface area contributed by atoms with E-state index < -0.39 is 5.97 Å². The predicted octanol–water partition coefficient (Wildman–Crippen LogP) is 3.16. The number of ether oxygens (including phenoxy) is 1. The molecule has 0 aliphatic carbocycles. The van der Waals surface area contributed by atoms with Crippen molar-refractivity contribution in [2.24, 2.45) is 0 Å². The summed E-state index contributed by atoms with van der Waals surface area (Å²) >= 11 is 0. The van der Waals surface area contributed by atoms with Crippen LogP contribution in [0.15, 0.2) is 40.8 Å². The summed E-state index contributed by atoms with van der Waals surface area (Å²) in [5, 5.41) is 11.9. The highest BCUT2D eigenvalue weighted by Gasteiger charge is 2.09. The summed E-state index contributed by atoms with van der Waals surface area (Å²) in [6.45, 7) is 2.70. The first kappa shape index (κ1) is 15.6. The van der Waals surface area contributed by atoms with Crippen LogP contribution in [0, 0.1) is 0 Å². The van der Waals surface area contributed by atoms with Crippen LogP contribution < -0.4 is 5.32 Å². The van der Waals surface area contributed by atoms with E-state index in [2.05, 4.69) is 5.32 Å². The molecule has 0 aliphatic rings. The zero-order valence-corrected chi connectivity index (χ0v) is 12.2. The number of carboxylic acids is 1. The van der Waals surface area contributed by atoms with E-state index in [4.69, 9.17) is 14.3 Å². The maximum absolute atomic E-state index is 11.6. The fourth-order valence-electron chi connectivity index (χ4n) is 1.78. The van der Waals surface area contributed by atoms with Crippen LogP contribution in [-0.4, -0.2) is 23.7 Å². The number of furan rings is 1. The van der Waals surface area contributed by atoms with E-state index in [1.807, 2.05) is 6.92 Å². The standard InChI is InChI=1S/C16H17NO5/c1-2-9-21-16(20)11-3-5-12(6-4-11)17-10-13-7-8-14(22-13)15(18)19/h3-8,17H,2,9-10H2,1H3,(H,18,19). The van der Waals surface area contributed by atoms with Crippen molar-refractivity contribution >= 4 is 17.6 Å². The molecular weight excluding hydrogens is 286 g/mol. The highest BCUT2D eigenvalue weighted by molar-refractivity contribution is 5.89. The Hall–Kier alpha value is -2.76. The molecule has 0 radical (unpaired) electrons. The summed E-state index contributed by atoms with van der Waals surface area (Å²) in [5.41, 5.74) is 1.28. The van der Waals surface area contributed by atoms with Gasteiger partial charge in [-0.3, -0.25) is 0 Å². The number of carboxylic acid groups (broad SMARTS) is 1. The average Bonchev–Trinajstić information content (AvgIpc) is 3.00. The summed E-state index contributed by atoms with van der Waals surface area (Å²) < 4.78 is 10.2. The molecule has 116 valence electrons. The molecule has 0 fully saturated rings. The number of rotatable bonds is 7. The summed E-state index contributed by atoms with van der Waals surface area (Å²) in [7, 11) is 0. The molecular formula is C16H17NO5. The number of carbonyl (C=O) groups excluding carboxylic acids is 1. The summed E-state index contributed by atoms with van der Waals surface area (Å²) in [4.78, 5) is 22.4. The second-order valence-electron chi connectivity index (χ2n) is 4.64. The first-order valence-corrected chi connectivity index (χ1v) is 6.93. The van der Waals surface area contributed by atoms with Gasteiger partial charge in [0.2, 0.25) is 5.76 Å². The van der Waals surface area contributed by atoms with E-state index in [-0.39, 0.29) is 11.7 Å². The van der Waals surface area contributed by atoms with Gasteiger partial charge >= 0.3 is 11.9 Å². The fourth-order valence-corrected chi connectivity index (χ4v) is 1.78. The fraction of sp³-hybridized carbons (Fsp3) is 0.250. The average molecular weight is 303 g/mol. The van der Waals surface area contributed by atoms with E-state index in [0.717, 1.165) is 12.1 Å². The number of esters is 1. The zero-order chi connectivity index (χ0) is 15.9. The Morgan fingerprint density at radius 1 is 1.18 bits per heavy atom. The van der Waals surface area contributed by atoms with Gasteiger partial charge in [-0.1, -0.05) is 6.92 Å². The highest BCUT2D eigenvalue weighted by atomic mass is 16.5. The number of hydrogen-bond acceptors (Lipinski definition) is 5. The van der Waals surface area contributed by atoms with Crippen molar-refractivity contribution in [2.75, 3.05) is 11.9 Å². The molecule has 1 heterocycles. The first-order valence-electron chi connectivity index (χ1n) is 6.93. The first-order chi connectivity index (χ1) is 10.6. The zero-order valence-electron chi connectivity index (χ0n) is 12.2. The van der Waals surface area contributed by atoms with Gasteiger partial charge in [0.15, 0.2) is 0 Å². The number of carbonyl (C=O) groups is 2. The van der Waals surface area contributed by atoms with Crippen LogP contribution in [-0.2, 0) is 11.3 Å². The second-order valence-corrected chi connectivity index (χ2v) is 4.64. The minimum atomic E-state index is -1.10. The molecule has 0 saturated heterocycles. The Labute approximate surface area is 127 Å². The lowest BCUT2D eigenvalue weighted by molar-refractivity contribution is 0.0504. The Morgan fingerprint density at radius 2 is 1.91 bits per heavy atom. The molecule has 6 heteroatoms. The minimum absolute atomic E-state index is 0.0918. The SMILES string of the molecule is CCCOC(=O)c1ccc(NCc2ccc(C(=O)O)o2)cc1. The van der Waals surface area contributed by atoms with Crippen LogP contribution in [0.3, 0.4) is 0 Å². The molecule has 0 bridgehead atoms. The van der Waals surface area contributed by atoms with Crippen LogP contribution in [0.4, 0.5) is 5.69 Å². The third kappa shape index (κ3) is 4.12. The van der Waals surface area contributed by atoms with Crippen molar-refractivity contribution in [2.45, 2.75) is 19.9 Å². The molecule has 0 aliphatic heterocycles. The van der Waals surface area contributed by atoms with Gasteiger partial charge in [-0.15, -0.1) is 0 Å². The van der Waals surface area contributed by atoms with Gasteiger partial charge in [0, 0.05) is 5.69 Å². The topological polar surface area (TPSA) is 88.8 Å². The molecule has 2 N–H and O–H groups in total. The lowest BCUT2D eigenvalue weighted by Gasteiger charge is -2.06. The molecule has 0 saturated carbocycles. The molecule has 6 nitrogen and oxygen atoms in total. The number of nitrogens with one attached hydrogen (secondary N) is 1. The molecule has 1 aromatic carbocycles. The molecule has 0 spiro atoms. The molecule has 2 aromatic rings. The monoisotopic (exact) mass is 303 g/mol. The van der Waals surface area contributed by atoms with E-state index in [1.54, 1.807) is 30.3 Å². The maximum Gasteiger partial charge on any atom is 0.371 e.